The van der Waals surface area contributed by atoms with E-state index in [1.165, 1.54) is 4.90 Å². The zero-order valence-electron chi connectivity index (χ0n) is 8.68. The summed E-state index contributed by atoms with van der Waals surface area (Å²) >= 11 is 5.03. The van der Waals surface area contributed by atoms with Crippen molar-refractivity contribution in [3.05, 3.63) is 10.5 Å². The Morgan fingerprint density at radius 3 is 2.53 bits per heavy atom. The van der Waals surface area contributed by atoms with Gasteiger partial charge in [-0.3, -0.25) is 9.69 Å². The highest BCUT2D eigenvalue weighted by Gasteiger charge is 2.35. The second-order valence-corrected chi connectivity index (χ2v) is 3.95. The van der Waals surface area contributed by atoms with Crippen molar-refractivity contribution in [2.24, 2.45) is 7.05 Å². The molecule has 2 rings (SSSR count). The van der Waals surface area contributed by atoms with Crippen molar-refractivity contribution < 1.29 is 9.90 Å². The summed E-state index contributed by atoms with van der Waals surface area (Å²) in [4.78, 5) is 17.6. The first-order chi connectivity index (χ1) is 6.95. The smallest absolute Gasteiger partial charge is 0.277 e. The summed E-state index contributed by atoms with van der Waals surface area (Å²) in [6, 6.07) is 0. The third-order valence-electron chi connectivity index (χ3n) is 2.66. The number of aromatic amines is 1. The predicted molar refractivity (Wildman–Crippen MR) is 57.1 cm³/mol. The highest BCUT2D eigenvalue weighted by molar-refractivity contribution is 7.71. The van der Waals surface area contributed by atoms with E-state index in [0.29, 0.717) is 16.3 Å². The maximum atomic E-state index is 11.9. The van der Waals surface area contributed by atoms with E-state index >= 15 is 0 Å². The molecular weight excluding hydrogens is 216 g/mol. The monoisotopic (exact) mass is 228 g/mol. The van der Waals surface area contributed by atoms with Crippen LogP contribution >= 0.6 is 12.2 Å². The molecule has 0 fully saturated rings. The summed E-state index contributed by atoms with van der Waals surface area (Å²) in [6.45, 7) is 0. The normalized spacial score (nSPS) is 20.8. The van der Waals surface area contributed by atoms with Crippen LogP contribution < -0.4 is 4.90 Å². The van der Waals surface area contributed by atoms with Crippen molar-refractivity contribution in [3.8, 4) is 0 Å². The number of carbonyl (C=O) groups excluding carboxylic acids is 1. The van der Waals surface area contributed by atoms with Crippen molar-refractivity contribution in [3.63, 3.8) is 0 Å². The van der Waals surface area contributed by atoms with Gasteiger partial charge in [-0.25, -0.2) is 0 Å². The molecule has 82 valence electrons. The number of H-pyrrole nitrogens is 1. The van der Waals surface area contributed by atoms with Gasteiger partial charge in [-0.05, 0) is 12.2 Å². The van der Waals surface area contributed by atoms with Crippen LogP contribution in [0.2, 0.25) is 0 Å². The zero-order valence-corrected chi connectivity index (χ0v) is 9.50. The number of nitrogens with zero attached hydrogens (tertiary/aromatic N) is 3. The van der Waals surface area contributed by atoms with Gasteiger partial charge in [-0.2, -0.15) is 0 Å². The quantitative estimate of drug-likeness (QED) is 0.608. The molecule has 1 amide bonds. The molecule has 0 aromatic carbocycles. The van der Waals surface area contributed by atoms with Gasteiger partial charge in [0.15, 0.2) is 10.5 Å². The van der Waals surface area contributed by atoms with E-state index in [1.807, 2.05) is 0 Å². The van der Waals surface area contributed by atoms with Gasteiger partial charge in [0.1, 0.15) is 5.82 Å². The number of aromatic nitrogens is 2. The highest BCUT2D eigenvalue weighted by atomic mass is 32.1. The summed E-state index contributed by atoms with van der Waals surface area (Å²) in [7, 11) is 4.95. The van der Waals surface area contributed by atoms with Gasteiger partial charge in [0.05, 0.1) is 0 Å². The number of amides is 1. The highest BCUT2D eigenvalue weighted by Crippen LogP contribution is 2.26. The van der Waals surface area contributed by atoms with E-state index in [4.69, 9.17) is 12.2 Å². The Morgan fingerprint density at radius 1 is 1.33 bits per heavy atom. The molecule has 1 unspecified atom stereocenters. The van der Waals surface area contributed by atoms with Gasteiger partial charge in [0, 0.05) is 21.1 Å². The van der Waals surface area contributed by atoms with Gasteiger partial charge in [-0.15, -0.1) is 0 Å². The minimum atomic E-state index is -0.960. The van der Waals surface area contributed by atoms with Crippen LogP contribution in [0.25, 0.3) is 0 Å². The van der Waals surface area contributed by atoms with E-state index in [0.717, 1.165) is 0 Å². The lowest BCUT2D eigenvalue weighted by Gasteiger charge is -2.36. The van der Waals surface area contributed by atoms with Gasteiger partial charge in [-0.1, -0.05) is 0 Å². The average molecular weight is 228 g/mol. The molecule has 7 heteroatoms. The summed E-state index contributed by atoms with van der Waals surface area (Å²) in [5, 5.41) is 9.73. The Balaban J connectivity index is 2.69. The lowest BCUT2D eigenvalue weighted by molar-refractivity contribution is 0.0153. The first-order valence-corrected chi connectivity index (χ1v) is 4.83. The number of imidazole rings is 1. The number of hydrogen-bond acceptors (Lipinski definition) is 4. The van der Waals surface area contributed by atoms with Crippen LogP contribution in [-0.4, -0.2) is 45.9 Å². The molecule has 0 aliphatic carbocycles. The molecule has 1 aromatic heterocycles. The Morgan fingerprint density at radius 2 is 1.93 bits per heavy atom. The topological polar surface area (TPSA) is 64.5 Å². The van der Waals surface area contributed by atoms with E-state index in [-0.39, 0.29) is 5.91 Å². The number of rotatable bonds is 0. The maximum Gasteiger partial charge on any atom is 0.277 e. The number of carbonyl (C=O) groups is 1. The molecule has 2 N–H and O–H groups in total. The molecular formula is C8H12N4O2S. The van der Waals surface area contributed by atoms with E-state index in [2.05, 4.69) is 4.98 Å². The number of anilines is 1. The largest absolute Gasteiger partial charge is 0.356 e. The molecule has 2 heterocycles. The summed E-state index contributed by atoms with van der Waals surface area (Å²) in [5.74, 6) is 0.309. The second kappa shape index (κ2) is 3.07. The Bertz CT molecular complexity index is 477. The molecule has 15 heavy (non-hydrogen) atoms. The van der Waals surface area contributed by atoms with Crippen LogP contribution in [0.4, 0.5) is 5.82 Å². The third-order valence-corrected chi connectivity index (χ3v) is 3.03. The van der Waals surface area contributed by atoms with E-state index in [1.54, 1.807) is 30.6 Å². The molecule has 1 aliphatic heterocycles. The molecule has 0 radical (unpaired) electrons. The molecule has 0 bridgehead atoms. The van der Waals surface area contributed by atoms with Gasteiger partial charge >= 0.3 is 0 Å². The lowest BCUT2D eigenvalue weighted by atomic mass is 10.3. The number of nitrogens with one attached hydrogen (secondary N) is 1. The third kappa shape index (κ3) is 1.20. The standard InChI is InChI=1S/C8H12N4O2S/c1-10-4-5(9-7(10)15)11(2)8(14)12(3)6(4)13/h8,14H,1-3H3,(H,9,15). The molecule has 0 saturated carbocycles. The van der Waals surface area contributed by atoms with Crippen molar-refractivity contribution in [1.29, 1.82) is 0 Å². The average Bonchev–Trinajstić information content (AvgIpc) is 2.50. The van der Waals surface area contributed by atoms with Crippen molar-refractivity contribution in [2.75, 3.05) is 19.0 Å². The number of hydrogen-bond donors (Lipinski definition) is 2. The zero-order chi connectivity index (χ0) is 11.3. The van der Waals surface area contributed by atoms with Crippen LogP contribution in [0.5, 0.6) is 0 Å². The summed E-state index contributed by atoms with van der Waals surface area (Å²) in [6.07, 6.45) is -0.960. The van der Waals surface area contributed by atoms with Gasteiger partial charge in [0.2, 0.25) is 6.35 Å². The summed E-state index contributed by atoms with van der Waals surface area (Å²) < 4.78 is 2.06. The molecule has 1 aromatic rings. The number of aliphatic hydroxyl groups excluding tert-OH is 1. The van der Waals surface area contributed by atoms with Crippen molar-refractivity contribution in [1.82, 2.24) is 14.5 Å². The Kier molecular flexibility index (Phi) is 2.09. The van der Waals surface area contributed by atoms with Gasteiger partial charge in [0.25, 0.3) is 5.91 Å². The maximum absolute atomic E-state index is 11.9. The minimum Gasteiger partial charge on any atom is -0.356 e. The van der Waals surface area contributed by atoms with Crippen LogP contribution in [0.15, 0.2) is 0 Å². The Labute approximate surface area is 91.7 Å². The molecule has 0 spiro atoms. The first kappa shape index (κ1) is 10.2. The van der Waals surface area contributed by atoms with Gasteiger partial charge < -0.3 is 19.6 Å². The van der Waals surface area contributed by atoms with Crippen LogP contribution in [0.1, 0.15) is 10.5 Å². The number of aliphatic hydroxyl groups is 1. The lowest BCUT2D eigenvalue weighted by Crippen LogP contribution is -2.52. The second-order valence-electron chi connectivity index (χ2n) is 3.56. The fourth-order valence-corrected chi connectivity index (χ4v) is 1.84. The molecule has 1 atom stereocenters. The SMILES string of the molecule is CN1C(=O)c2c([nH]c(=S)n2C)N(C)C1O. The van der Waals surface area contributed by atoms with Crippen molar-refractivity contribution in [2.45, 2.75) is 6.35 Å². The molecule has 0 saturated heterocycles. The van der Waals surface area contributed by atoms with Crippen LogP contribution in [0.3, 0.4) is 0 Å². The van der Waals surface area contributed by atoms with Crippen LogP contribution in [0, 0.1) is 4.77 Å². The van der Waals surface area contributed by atoms with E-state index < -0.39 is 6.35 Å². The summed E-state index contributed by atoms with van der Waals surface area (Å²) in [5.41, 5.74) is 0.468. The minimum absolute atomic E-state index is 0.245. The predicted octanol–water partition coefficient (Wildman–Crippen LogP) is -0.120. The Hall–Kier alpha value is -1.34. The fraction of sp³-hybridized carbons (Fsp3) is 0.500. The first-order valence-electron chi connectivity index (χ1n) is 4.42. The van der Waals surface area contributed by atoms with E-state index in [9.17, 15) is 9.90 Å². The molecule has 6 nitrogen and oxygen atoms in total. The number of fused-ring (bicyclic) bond motifs is 1. The molecule has 1 aliphatic rings. The van der Waals surface area contributed by atoms with Crippen molar-refractivity contribution >= 4 is 23.9 Å². The fourth-order valence-electron chi connectivity index (χ4n) is 1.65. The van der Waals surface area contributed by atoms with Crippen LogP contribution in [-0.2, 0) is 7.05 Å².